The molecule has 0 aliphatic rings. The van der Waals surface area contributed by atoms with Crippen molar-refractivity contribution >= 4 is 15.9 Å². The Kier molecular flexibility index (Phi) is 6.82. The number of rotatable bonds is 7. The van der Waals surface area contributed by atoms with Gasteiger partial charge in [0, 0.05) is 17.5 Å². The summed E-state index contributed by atoms with van der Waals surface area (Å²) in [6.45, 7) is 4.54. The summed E-state index contributed by atoms with van der Waals surface area (Å²) in [6.07, 6.45) is 1.36. The van der Waals surface area contributed by atoms with E-state index in [9.17, 15) is 9.50 Å². The van der Waals surface area contributed by atoms with Crippen molar-refractivity contribution in [2.45, 2.75) is 45.3 Å². The largest absolute Gasteiger partial charge is 0.390 e. The molecule has 0 aliphatic heterocycles. The first-order chi connectivity index (χ1) is 8.58. The highest BCUT2D eigenvalue weighted by Crippen LogP contribution is 2.21. The Labute approximate surface area is 116 Å². The molecule has 0 aliphatic carbocycles. The average Bonchev–Trinajstić information content (AvgIpc) is 2.33. The summed E-state index contributed by atoms with van der Waals surface area (Å²) >= 11 is 3.37. The zero-order chi connectivity index (χ0) is 13.5. The van der Waals surface area contributed by atoms with Crippen LogP contribution in [0.15, 0.2) is 22.7 Å². The Morgan fingerprint density at radius 3 is 2.72 bits per heavy atom. The fourth-order valence-electron chi connectivity index (χ4n) is 1.94. The predicted octanol–water partition coefficient (Wildman–Crippen LogP) is 3.70. The quantitative estimate of drug-likeness (QED) is 0.830. The Bertz CT molecular complexity index is 365. The maximum absolute atomic E-state index is 13.2. The highest BCUT2D eigenvalue weighted by molar-refractivity contribution is 9.10. The van der Waals surface area contributed by atoms with Gasteiger partial charge in [0.2, 0.25) is 0 Å². The summed E-state index contributed by atoms with van der Waals surface area (Å²) in [7, 11) is 0. The van der Waals surface area contributed by atoms with E-state index in [1.807, 2.05) is 6.92 Å². The van der Waals surface area contributed by atoms with E-state index in [0.29, 0.717) is 13.0 Å². The number of ether oxygens (including phenoxy) is 1. The molecule has 18 heavy (non-hydrogen) atoms. The minimum Gasteiger partial charge on any atom is -0.390 e. The zero-order valence-corrected chi connectivity index (χ0v) is 12.4. The summed E-state index contributed by atoms with van der Waals surface area (Å²) in [5.41, 5.74) is 0.767. The zero-order valence-electron chi connectivity index (χ0n) is 10.8. The molecule has 1 aromatic carbocycles. The van der Waals surface area contributed by atoms with Crippen LogP contribution < -0.4 is 0 Å². The summed E-state index contributed by atoms with van der Waals surface area (Å²) in [5, 5.41) is 10.2. The lowest BCUT2D eigenvalue weighted by molar-refractivity contribution is -0.0364. The predicted molar refractivity (Wildman–Crippen MR) is 74.1 cm³/mol. The van der Waals surface area contributed by atoms with Gasteiger partial charge in [0.05, 0.1) is 12.2 Å². The van der Waals surface area contributed by atoms with Crippen LogP contribution in [0.5, 0.6) is 0 Å². The van der Waals surface area contributed by atoms with E-state index in [-0.39, 0.29) is 11.9 Å². The second kappa shape index (κ2) is 7.87. The molecule has 2 atom stereocenters. The first-order valence-electron chi connectivity index (χ1n) is 6.32. The highest BCUT2D eigenvalue weighted by Gasteiger charge is 2.20. The van der Waals surface area contributed by atoms with E-state index in [2.05, 4.69) is 22.9 Å². The third-order valence-corrected chi connectivity index (χ3v) is 3.59. The number of halogens is 2. The van der Waals surface area contributed by atoms with Crippen molar-refractivity contribution < 1.29 is 14.2 Å². The van der Waals surface area contributed by atoms with Gasteiger partial charge in [-0.3, -0.25) is 0 Å². The van der Waals surface area contributed by atoms with E-state index < -0.39 is 6.10 Å². The lowest BCUT2D eigenvalue weighted by atomic mass is 10.0. The van der Waals surface area contributed by atoms with Crippen molar-refractivity contribution in [2.24, 2.45) is 0 Å². The van der Waals surface area contributed by atoms with Gasteiger partial charge in [-0.2, -0.15) is 0 Å². The fraction of sp³-hybridized carbons (Fsp3) is 0.571. The molecule has 1 N–H and O–H groups in total. The second-order valence-corrected chi connectivity index (χ2v) is 5.14. The molecule has 1 aromatic rings. The SMILES string of the molecule is CCCC(OCC)C(O)Cc1cc(F)ccc1Br. The molecular weight excluding hydrogens is 299 g/mol. The fourth-order valence-corrected chi connectivity index (χ4v) is 2.35. The minimum atomic E-state index is -0.608. The van der Waals surface area contributed by atoms with Gasteiger partial charge in [-0.25, -0.2) is 4.39 Å². The molecule has 2 nitrogen and oxygen atoms in total. The van der Waals surface area contributed by atoms with Crippen LogP contribution in [0.2, 0.25) is 0 Å². The molecule has 1 rings (SSSR count). The number of hydrogen-bond acceptors (Lipinski definition) is 2. The van der Waals surface area contributed by atoms with E-state index in [1.165, 1.54) is 12.1 Å². The van der Waals surface area contributed by atoms with Crippen molar-refractivity contribution in [1.29, 1.82) is 0 Å². The van der Waals surface area contributed by atoms with Gasteiger partial charge in [-0.1, -0.05) is 29.3 Å². The monoisotopic (exact) mass is 318 g/mol. The summed E-state index contributed by atoms with van der Waals surface area (Å²) < 4.78 is 19.5. The molecule has 0 spiro atoms. The van der Waals surface area contributed by atoms with Crippen LogP contribution in [0.1, 0.15) is 32.3 Å². The van der Waals surface area contributed by atoms with Crippen molar-refractivity contribution in [3.63, 3.8) is 0 Å². The molecule has 4 heteroatoms. The van der Waals surface area contributed by atoms with E-state index >= 15 is 0 Å². The third-order valence-electron chi connectivity index (χ3n) is 2.82. The van der Waals surface area contributed by atoms with Gasteiger partial charge in [0.25, 0.3) is 0 Å². The van der Waals surface area contributed by atoms with Gasteiger partial charge in [-0.15, -0.1) is 0 Å². The van der Waals surface area contributed by atoms with E-state index in [4.69, 9.17) is 4.74 Å². The second-order valence-electron chi connectivity index (χ2n) is 4.29. The molecule has 0 saturated heterocycles. The lowest BCUT2D eigenvalue weighted by Gasteiger charge is -2.23. The van der Waals surface area contributed by atoms with Crippen molar-refractivity contribution in [1.82, 2.24) is 0 Å². The standard InChI is InChI=1S/C14H20BrFO2/c1-3-5-14(18-4-2)13(17)9-10-8-11(16)6-7-12(10)15/h6-8,13-14,17H,3-5,9H2,1-2H3. The van der Waals surface area contributed by atoms with Gasteiger partial charge >= 0.3 is 0 Å². The summed E-state index contributed by atoms with van der Waals surface area (Å²) in [4.78, 5) is 0. The molecular formula is C14H20BrFO2. The Morgan fingerprint density at radius 1 is 1.39 bits per heavy atom. The molecule has 0 bridgehead atoms. The summed E-state index contributed by atoms with van der Waals surface area (Å²) in [6, 6.07) is 4.50. The Hall–Kier alpha value is -0.450. The number of aliphatic hydroxyl groups excluding tert-OH is 1. The minimum absolute atomic E-state index is 0.185. The molecule has 0 radical (unpaired) electrons. The number of hydrogen-bond donors (Lipinski definition) is 1. The van der Waals surface area contributed by atoms with E-state index in [1.54, 1.807) is 6.07 Å². The maximum atomic E-state index is 13.2. The van der Waals surface area contributed by atoms with Gasteiger partial charge in [0.15, 0.2) is 0 Å². The Balaban J connectivity index is 2.71. The highest BCUT2D eigenvalue weighted by atomic mass is 79.9. The van der Waals surface area contributed by atoms with Crippen LogP contribution in [0, 0.1) is 5.82 Å². The topological polar surface area (TPSA) is 29.5 Å². The first-order valence-corrected chi connectivity index (χ1v) is 7.11. The third kappa shape index (κ3) is 4.67. The van der Waals surface area contributed by atoms with Crippen LogP contribution in [0.25, 0.3) is 0 Å². The van der Waals surface area contributed by atoms with Crippen molar-refractivity contribution in [3.05, 3.63) is 34.1 Å². The van der Waals surface area contributed by atoms with Crippen LogP contribution in [0.4, 0.5) is 4.39 Å². The molecule has 0 saturated carbocycles. The Morgan fingerprint density at radius 2 is 2.11 bits per heavy atom. The maximum Gasteiger partial charge on any atom is 0.123 e. The lowest BCUT2D eigenvalue weighted by Crippen LogP contribution is -2.31. The number of aliphatic hydroxyl groups is 1. The summed E-state index contributed by atoms with van der Waals surface area (Å²) in [5.74, 6) is -0.288. The van der Waals surface area contributed by atoms with Gasteiger partial charge in [0.1, 0.15) is 5.82 Å². The normalized spacial score (nSPS) is 14.5. The molecule has 0 amide bonds. The molecule has 2 unspecified atom stereocenters. The average molecular weight is 319 g/mol. The van der Waals surface area contributed by atoms with Crippen LogP contribution in [-0.4, -0.2) is 23.9 Å². The van der Waals surface area contributed by atoms with Crippen LogP contribution in [0.3, 0.4) is 0 Å². The molecule has 0 aromatic heterocycles. The number of benzene rings is 1. The molecule has 0 heterocycles. The smallest absolute Gasteiger partial charge is 0.123 e. The van der Waals surface area contributed by atoms with Crippen molar-refractivity contribution in [2.75, 3.05) is 6.61 Å². The van der Waals surface area contributed by atoms with Gasteiger partial charge in [-0.05, 0) is 37.1 Å². The van der Waals surface area contributed by atoms with Crippen LogP contribution >= 0.6 is 15.9 Å². The van der Waals surface area contributed by atoms with Crippen molar-refractivity contribution in [3.8, 4) is 0 Å². The van der Waals surface area contributed by atoms with Crippen LogP contribution in [-0.2, 0) is 11.2 Å². The van der Waals surface area contributed by atoms with Gasteiger partial charge < -0.3 is 9.84 Å². The van der Waals surface area contributed by atoms with E-state index in [0.717, 1.165) is 22.9 Å². The molecule has 102 valence electrons. The molecule has 0 fully saturated rings. The first kappa shape index (κ1) is 15.6.